The maximum Gasteiger partial charge on any atom is 0.409 e. The number of aromatic nitrogens is 2. The summed E-state index contributed by atoms with van der Waals surface area (Å²) in [5.41, 5.74) is 4.94. The van der Waals surface area contributed by atoms with Crippen molar-refractivity contribution in [2.75, 3.05) is 5.32 Å². The summed E-state index contributed by atoms with van der Waals surface area (Å²) in [6, 6.07) is 8.01. The van der Waals surface area contributed by atoms with Crippen molar-refractivity contribution in [2.24, 2.45) is 5.73 Å². The SMILES string of the molecule is NC(=O)c1c(F)ccc(OCc2nc(-c3ccc(NC(=O)O)cc3)no2)c1F. The van der Waals surface area contributed by atoms with Crippen LogP contribution in [0.2, 0.25) is 0 Å². The van der Waals surface area contributed by atoms with E-state index in [-0.39, 0.29) is 18.3 Å². The maximum absolute atomic E-state index is 14.1. The zero-order chi connectivity index (χ0) is 20.3. The Balaban J connectivity index is 1.71. The van der Waals surface area contributed by atoms with Crippen LogP contribution < -0.4 is 15.8 Å². The van der Waals surface area contributed by atoms with Crippen LogP contribution in [0.1, 0.15) is 16.2 Å². The lowest BCUT2D eigenvalue weighted by Crippen LogP contribution is -2.16. The Kier molecular flexibility index (Phi) is 5.16. The number of carbonyl (C=O) groups excluding carboxylic acids is 1. The molecule has 0 saturated heterocycles. The highest BCUT2D eigenvalue weighted by Crippen LogP contribution is 2.24. The van der Waals surface area contributed by atoms with Crippen LogP contribution in [-0.2, 0) is 6.61 Å². The molecule has 1 aromatic heterocycles. The van der Waals surface area contributed by atoms with Gasteiger partial charge >= 0.3 is 6.09 Å². The predicted molar refractivity (Wildman–Crippen MR) is 90.6 cm³/mol. The fourth-order valence-electron chi connectivity index (χ4n) is 2.27. The standard InChI is InChI=1S/C17H12F2N4O5/c18-10-5-6-11(14(19)13(10)15(20)24)27-7-12-22-16(23-28-12)8-1-3-9(4-2-8)21-17(25)26/h1-6,21H,7H2,(H2,20,24)(H,25,26). The summed E-state index contributed by atoms with van der Waals surface area (Å²) < 4.78 is 37.7. The Morgan fingerprint density at radius 3 is 2.54 bits per heavy atom. The second-order valence-corrected chi connectivity index (χ2v) is 5.41. The zero-order valence-electron chi connectivity index (χ0n) is 14.0. The summed E-state index contributed by atoms with van der Waals surface area (Å²) in [5.74, 6) is -3.81. The number of halogens is 2. The summed E-state index contributed by atoms with van der Waals surface area (Å²) >= 11 is 0. The highest BCUT2D eigenvalue weighted by atomic mass is 19.1. The number of hydrogen-bond donors (Lipinski definition) is 3. The molecule has 0 fully saturated rings. The third-order valence-electron chi connectivity index (χ3n) is 3.52. The number of rotatable bonds is 6. The minimum Gasteiger partial charge on any atom is -0.481 e. The van der Waals surface area contributed by atoms with Gasteiger partial charge in [-0.3, -0.25) is 10.1 Å². The molecule has 9 nitrogen and oxygen atoms in total. The molecule has 3 rings (SSSR count). The number of amides is 2. The molecule has 144 valence electrons. The van der Waals surface area contributed by atoms with Crippen LogP contribution in [0.15, 0.2) is 40.9 Å². The summed E-state index contributed by atoms with van der Waals surface area (Å²) in [6.45, 7) is -0.341. The molecule has 2 aromatic carbocycles. The third-order valence-corrected chi connectivity index (χ3v) is 3.52. The van der Waals surface area contributed by atoms with E-state index < -0.39 is 34.9 Å². The lowest BCUT2D eigenvalue weighted by molar-refractivity contribution is 0.0990. The summed E-state index contributed by atoms with van der Waals surface area (Å²) in [4.78, 5) is 25.8. The molecule has 0 aliphatic rings. The first-order valence-corrected chi connectivity index (χ1v) is 7.68. The molecule has 4 N–H and O–H groups in total. The Bertz CT molecular complexity index is 1040. The average Bonchev–Trinajstić information content (AvgIpc) is 3.10. The van der Waals surface area contributed by atoms with Gasteiger partial charge in [-0.05, 0) is 36.4 Å². The van der Waals surface area contributed by atoms with Crippen molar-refractivity contribution in [3.63, 3.8) is 0 Å². The van der Waals surface area contributed by atoms with Gasteiger partial charge in [-0.1, -0.05) is 5.16 Å². The fraction of sp³-hybridized carbons (Fsp3) is 0.0588. The highest BCUT2D eigenvalue weighted by Gasteiger charge is 2.20. The molecule has 0 saturated carbocycles. The fourth-order valence-corrected chi connectivity index (χ4v) is 2.27. The smallest absolute Gasteiger partial charge is 0.409 e. The minimum atomic E-state index is -1.26. The van der Waals surface area contributed by atoms with Crippen LogP contribution in [0.4, 0.5) is 19.3 Å². The van der Waals surface area contributed by atoms with E-state index in [0.29, 0.717) is 11.3 Å². The molecule has 11 heteroatoms. The van der Waals surface area contributed by atoms with Gasteiger partial charge in [-0.15, -0.1) is 0 Å². The van der Waals surface area contributed by atoms with Crippen molar-refractivity contribution in [2.45, 2.75) is 6.61 Å². The van der Waals surface area contributed by atoms with E-state index in [1.807, 2.05) is 0 Å². The van der Waals surface area contributed by atoms with Gasteiger partial charge < -0.3 is 20.1 Å². The Labute approximate surface area is 155 Å². The van der Waals surface area contributed by atoms with Crippen molar-refractivity contribution in [3.05, 3.63) is 59.5 Å². The van der Waals surface area contributed by atoms with Gasteiger partial charge in [0.1, 0.15) is 11.4 Å². The largest absolute Gasteiger partial charge is 0.481 e. The monoisotopic (exact) mass is 390 g/mol. The van der Waals surface area contributed by atoms with Gasteiger partial charge in [0.15, 0.2) is 18.2 Å². The number of nitrogens with one attached hydrogen (secondary N) is 1. The van der Waals surface area contributed by atoms with E-state index in [1.54, 1.807) is 12.1 Å². The minimum absolute atomic E-state index is 0.00733. The second-order valence-electron chi connectivity index (χ2n) is 5.41. The summed E-state index contributed by atoms with van der Waals surface area (Å²) in [5, 5.41) is 14.6. The van der Waals surface area contributed by atoms with E-state index in [4.69, 9.17) is 20.1 Å². The molecule has 0 radical (unpaired) electrons. The van der Waals surface area contributed by atoms with Crippen molar-refractivity contribution in [1.82, 2.24) is 10.1 Å². The van der Waals surface area contributed by atoms with E-state index in [9.17, 15) is 18.4 Å². The van der Waals surface area contributed by atoms with Crippen LogP contribution >= 0.6 is 0 Å². The third kappa shape index (κ3) is 4.03. The summed E-state index contributed by atoms with van der Waals surface area (Å²) in [7, 11) is 0. The van der Waals surface area contributed by atoms with Crippen LogP contribution in [0.3, 0.4) is 0 Å². The molecule has 0 aliphatic carbocycles. The average molecular weight is 390 g/mol. The zero-order valence-corrected chi connectivity index (χ0v) is 14.0. The van der Waals surface area contributed by atoms with Crippen molar-refractivity contribution >= 4 is 17.7 Å². The Morgan fingerprint density at radius 2 is 1.89 bits per heavy atom. The van der Waals surface area contributed by atoms with Crippen molar-refractivity contribution in [1.29, 1.82) is 0 Å². The van der Waals surface area contributed by atoms with E-state index in [0.717, 1.165) is 12.1 Å². The van der Waals surface area contributed by atoms with Crippen LogP contribution in [0.5, 0.6) is 5.75 Å². The molecule has 1 heterocycles. The number of ether oxygens (including phenoxy) is 1. The van der Waals surface area contributed by atoms with Gasteiger partial charge in [-0.25, -0.2) is 13.6 Å². The number of carbonyl (C=O) groups is 2. The molecule has 3 aromatic rings. The quantitative estimate of drug-likeness (QED) is 0.588. The van der Waals surface area contributed by atoms with Crippen molar-refractivity contribution in [3.8, 4) is 17.1 Å². The normalized spacial score (nSPS) is 10.5. The van der Waals surface area contributed by atoms with Crippen molar-refractivity contribution < 1.29 is 32.7 Å². The maximum atomic E-state index is 14.1. The molecule has 0 unspecified atom stereocenters. The second kappa shape index (κ2) is 7.70. The molecule has 0 atom stereocenters. The van der Waals surface area contributed by atoms with Crippen LogP contribution in [-0.4, -0.2) is 27.2 Å². The topological polar surface area (TPSA) is 141 Å². The van der Waals surface area contributed by atoms with E-state index >= 15 is 0 Å². The molecule has 0 aliphatic heterocycles. The number of carboxylic acid groups (broad SMARTS) is 1. The highest BCUT2D eigenvalue weighted by molar-refractivity contribution is 5.93. The predicted octanol–water partition coefficient (Wildman–Crippen LogP) is 2.78. The van der Waals surface area contributed by atoms with Crippen LogP contribution in [0, 0.1) is 11.6 Å². The van der Waals surface area contributed by atoms with Gasteiger partial charge in [0.2, 0.25) is 5.82 Å². The summed E-state index contributed by atoms with van der Waals surface area (Å²) in [6.07, 6.45) is -1.20. The molecular weight excluding hydrogens is 378 g/mol. The first-order valence-electron chi connectivity index (χ1n) is 7.68. The first-order chi connectivity index (χ1) is 13.3. The number of anilines is 1. The van der Waals surface area contributed by atoms with Gasteiger partial charge in [-0.2, -0.15) is 4.98 Å². The Hall–Kier alpha value is -4.02. The molecular formula is C17H12F2N4O5. The molecule has 28 heavy (non-hydrogen) atoms. The number of primary amides is 1. The van der Waals surface area contributed by atoms with Gasteiger partial charge in [0, 0.05) is 11.3 Å². The number of nitrogens with two attached hydrogens (primary N) is 1. The lowest BCUT2D eigenvalue weighted by atomic mass is 10.1. The molecule has 2 amide bonds. The van der Waals surface area contributed by atoms with Crippen LogP contribution in [0.25, 0.3) is 11.4 Å². The van der Waals surface area contributed by atoms with Gasteiger partial charge in [0.25, 0.3) is 11.8 Å². The van der Waals surface area contributed by atoms with Gasteiger partial charge in [0.05, 0.1) is 0 Å². The number of nitrogens with zero attached hydrogens (tertiary/aromatic N) is 2. The molecule has 0 spiro atoms. The first kappa shape index (κ1) is 18.8. The number of hydrogen-bond acceptors (Lipinski definition) is 6. The van der Waals surface area contributed by atoms with E-state index in [1.165, 1.54) is 12.1 Å². The van der Waals surface area contributed by atoms with E-state index in [2.05, 4.69) is 15.5 Å². The molecule has 0 bridgehead atoms. The lowest BCUT2D eigenvalue weighted by Gasteiger charge is -2.07. The Morgan fingerprint density at radius 1 is 1.18 bits per heavy atom. The number of benzene rings is 2.